The molecule has 0 atom stereocenters. The van der Waals surface area contributed by atoms with Crippen LogP contribution in [-0.2, 0) is 15.8 Å². The molecule has 0 saturated carbocycles. The maximum atomic E-state index is 11.9. The minimum absolute atomic E-state index is 0.197. The fourth-order valence-electron chi connectivity index (χ4n) is 2.51. The standard InChI is InChI=1S/C16H20NO5P/c18-13-10-8-12(9-11-13)4-1-2-5-14-15(17-23(20,21)22)6-3-7-16(14)19/h3,7-11,18H,1-2,4-6H2,(H3,17,20,21,22). The summed E-state index contributed by atoms with van der Waals surface area (Å²) in [4.78, 5) is 30.0. The van der Waals surface area contributed by atoms with Crippen molar-refractivity contribution in [2.45, 2.75) is 32.1 Å². The van der Waals surface area contributed by atoms with E-state index in [4.69, 9.17) is 9.79 Å². The lowest BCUT2D eigenvalue weighted by Gasteiger charge is -2.18. The molecule has 0 bridgehead atoms. The second kappa shape index (κ2) is 7.59. The van der Waals surface area contributed by atoms with Gasteiger partial charge in [-0.15, -0.1) is 0 Å². The van der Waals surface area contributed by atoms with Gasteiger partial charge in [-0.2, -0.15) is 0 Å². The highest BCUT2D eigenvalue weighted by Gasteiger charge is 2.21. The predicted octanol–water partition coefficient (Wildman–Crippen LogP) is 2.57. The summed E-state index contributed by atoms with van der Waals surface area (Å²) < 4.78 is 11.1. The summed E-state index contributed by atoms with van der Waals surface area (Å²) in [5.41, 5.74) is 1.86. The second-order valence-corrected chi connectivity index (χ2v) is 6.77. The van der Waals surface area contributed by atoms with Crippen molar-refractivity contribution in [2.24, 2.45) is 0 Å². The Morgan fingerprint density at radius 2 is 1.74 bits per heavy atom. The number of rotatable bonds is 7. The van der Waals surface area contributed by atoms with Crippen LogP contribution in [-0.4, -0.2) is 20.7 Å². The maximum Gasteiger partial charge on any atom is 0.427 e. The van der Waals surface area contributed by atoms with Crippen molar-refractivity contribution in [3.63, 3.8) is 0 Å². The van der Waals surface area contributed by atoms with E-state index in [2.05, 4.69) is 5.09 Å². The van der Waals surface area contributed by atoms with Crippen molar-refractivity contribution in [2.75, 3.05) is 0 Å². The molecular weight excluding hydrogens is 317 g/mol. The summed E-state index contributed by atoms with van der Waals surface area (Å²) >= 11 is 0. The summed E-state index contributed by atoms with van der Waals surface area (Å²) in [5.74, 6) is 0.0310. The monoisotopic (exact) mass is 337 g/mol. The van der Waals surface area contributed by atoms with Crippen LogP contribution in [0.5, 0.6) is 5.75 Å². The molecule has 124 valence electrons. The van der Waals surface area contributed by atoms with Gasteiger partial charge in [0.05, 0.1) is 0 Å². The molecule has 0 radical (unpaired) electrons. The highest BCUT2D eigenvalue weighted by Crippen LogP contribution is 2.34. The van der Waals surface area contributed by atoms with E-state index in [0.717, 1.165) is 24.8 Å². The molecular formula is C16H20NO5P. The topological polar surface area (TPSA) is 107 Å². The van der Waals surface area contributed by atoms with Crippen molar-refractivity contribution < 1.29 is 24.3 Å². The van der Waals surface area contributed by atoms with Crippen LogP contribution < -0.4 is 5.09 Å². The maximum absolute atomic E-state index is 11.9. The first-order valence-corrected chi connectivity index (χ1v) is 9.01. The summed E-state index contributed by atoms with van der Waals surface area (Å²) in [7, 11) is -4.41. The first-order chi connectivity index (χ1) is 10.8. The molecule has 23 heavy (non-hydrogen) atoms. The van der Waals surface area contributed by atoms with Crippen molar-refractivity contribution in [3.05, 3.63) is 53.3 Å². The predicted molar refractivity (Wildman–Crippen MR) is 86.6 cm³/mol. The molecule has 1 aliphatic rings. The number of phenolic OH excluding ortho intramolecular Hbond substituents is 1. The Hall–Kier alpha value is -1.88. The summed E-state index contributed by atoms with van der Waals surface area (Å²) in [6.07, 6.45) is 6.24. The van der Waals surface area contributed by atoms with Gasteiger partial charge in [0.15, 0.2) is 5.78 Å². The third-order valence-electron chi connectivity index (χ3n) is 3.61. The first kappa shape index (κ1) is 17.5. The van der Waals surface area contributed by atoms with E-state index in [1.54, 1.807) is 18.2 Å². The molecule has 0 spiro atoms. The van der Waals surface area contributed by atoms with E-state index >= 15 is 0 Å². The molecule has 0 aliphatic heterocycles. The lowest BCUT2D eigenvalue weighted by atomic mass is 9.95. The number of ketones is 1. The van der Waals surface area contributed by atoms with Gasteiger partial charge in [0.25, 0.3) is 0 Å². The number of benzene rings is 1. The Morgan fingerprint density at radius 1 is 1.09 bits per heavy atom. The first-order valence-electron chi connectivity index (χ1n) is 7.40. The molecule has 0 heterocycles. The number of phenols is 1. The van der Waals surface area contributed by atoms with Gasteiger partial charge in [-0.25, -0.2) is 4.57 Å². The quantitative estimate of drug-likeness (QED) is 0.450. The van der Waals surface area contributed by atoms with E-state index in [-0.39, 0.29) is 11.5 Å². The minimum atomic E-state index is -4.41. The van der Waals surface area contributed by atoms with Crippen molar-refractivity contribution in [3.8, 4) is 5.75 Å². The second-order valence-electron chi connectivity index (χ2n) is 5.46. The minimum Gasteiger partial charge on any atom is -0.508 e. The fourth-order valence-corrected chi connectivity index (χ4v) is 3.09. The lowest BCUT2D eigenvalue weighted by Crippen LogP contribution is -2.18. The zero-order chi connectivity index (χ0) is 16.9. The van der Waals surface area contributed by atoms with Crippen LogP contribution in [0.15, 0.2) is 47.7 Å². The average molecular weight is 337 g/mol. The Bertz CT molecular complexity index is 672. The molecule has 6 nitrogen and oxygen atoms in total. The summed E-state index contributed by atoms with van der Waals surface area (Å²) in [6, 6.07) is 6.97. The number of allylic oxidation sites excluding steroid dienone is 3. The number of carbonyl (C=O) groups is 1. The molecule has 0 aromatic heterocycles. The molecule has 2 rings (SSSR count). The number of carbonyl (C=O) groups excluding carboxylic acids is 1. The third-order valence-corrected chi connectivity index (χ3v) is 4.17. The van der Waals surface area contributed by atoms with Crippen LogP contribution in [0.2, 0.25) is 0 Å². The smallest absolute Gasteiger partial charge is 0.427 e. The average Bonchev–Trinajstić information content (AvgIpc) is 2.46. The van der Waals surface area contributed by atoms with Gasteiger partial charge in [0.2, 0.25) is 0 Å². The van der Waals surface area contributed by atoms with E-state index in [1.165, 1.54) is 6.08 Å². The Labute approximate surface area is 134 Å². The Kier molecular flexibility index (Phi) is 5.77. The van der Waals surface area contributed by atoms with Gasteiger partial charge in [0, 0.05) is 17.7 Å². The zero-order valence-electron chi connectivity index (χ0n) is 12.6. The van der Waals surface area contributed by atoms with Crippen LogP contribution in [0, 0.1) is 0 Å². The SMILES string of the molecule is O=C1C=CCC(NP(=O)(O)O)=C1CCCCc1ccc(O)cc1. The van der Waals surface area contributed by atoms with Gasteiger partial charge in [0.1, 0.15) is 5.75 Å². The van der Waals surface area contributed by atoms with Crippen LogP contribution in [0.4, 0.5) is 0 Å². The van der Waals surface area contributed by atoms with E-state index in [9.17, 15) is 14.5 Å². The lowest BCUT2D eigenvalue weighted by molar-refractivity contribution is -0.111. The zero-order valence-corrected chi connectivity index (χ0v) is 13.5. The number of hydrogen-bond acceptors (Lipinski definition) is 3. The number of unbranched alkanes of at least 4 members (excludes halogenated alkanes) is 1. The number of aryl methyl sites for hydroxylation is 1. The molecule has 1 aromatic rings. The Morgan fingerprint density at radius 3 is 2.39 bits per heavy atom. The van der Waals surface area contributed by atoms with Crippen LogP contribution in [0.25, 0.3) is 0 Å². The fraction of sp³-hybridized carbons (Fsp3) is 0.312. The summed E-state index contributed by atoms with van der Waals surface area (Å²) in [6.45, 7) is 0. The molecule has 0 unspecified atom stereocenters. The molecule has 0 fully saturated rings. The van der Waals surface area contributed by atoms with Gasteiger partial charge in [-0.05, 0) is 49.5 Å². The summed E-state index contributed by atoms with van der Waals surface area (Å²) in [5, 5.41) is 11.4. The highest BCUT2D eigenvalue weighted by atomic mass is 31.2. The normalized spacial score (nSPS) is 15.1. The van der Waals surface area contributed by atoms with E-state index in [1.807, 2.05) is 12.1 Å². The number of nitrogens with one attached hydrogen (secondary N) is 1. The van der Waals surface area contributed by atoms with Gasteiger partial charge in [-0.3, -0.25) is 9.88 Å². The van der Waals surface area contributed by atoms with Crippen LogP contribution in [0.3, 0.4) is 0 Å². The third kappa shape index (κ3) is 5.67. The van der Waals surface area contributed by atoms with E-state index in [0.29, 0.717) is 24.1 Å². The molecule has 0 saturated heterocycles. The van der Waals surface area contributed by atoms with E-state index < -0.39 is 7.75 Å². The van der Waals surface area contributed by atoms with Gasteiger partial charge >= 0.3 is 7.75 Å². The molecule has 1 aromatic carbocycles. The largest absolute Gasteiger partial charge is 0.508 e. The molecule has 4 N–H and O–H groups in total. The van der Waals surface area contributed by atoms with Gasteiger partial charge in [-0.1, -0.05) is 18.2 Å². The number of hydrogen-bond donors (Lipinski definition) is 4. The number of aromatic hydroxyl groups is 1. The van der Waals surface area contributed by atoms with Crippen LogP contribution >= 0.6 is 7.75 Å². The molecule has 7 heteroatoms. The van der Waals surface area contributed by atoms with Crippen molar-refractivity contribution >= 4 is 13.5 Å². The van der Waals surface area contributed by atoms with Crippen LogP contribution in [0.1, 0.15) is 31.2 Å². The van der Waals surface area contributed by atoms with Crippen molar-refractivity contribution in [1.29, 1.82) is 0 Å². The van der Waals surface area contributed by atoms with Gasteiger partial charge < -0.3 is 14.9 Å². The molecule has 0 amide bonds. The molecule has 1 aliphatic carbocycles. The van der Waals surface area contributed by atoms with Crippen molar-refractivity contribution in [1.82, 2.24) is 5.09 Å². The highest BCUT2D eigenvalue weighted by molar-refractivity contribution is 7.49. The Balaban J connectivity index is 1.92.